The van der Waals surface area contributed by atoms with Crippen LogP contribution in [0.2, 0.25) is 5.15 Å². The maximum Gasteiger partial charge on any atom is 0.148 e. The molecule has 152 valence electrons. The summed E-state index contributed by atoms with van der Waals surface area (Å²) in [4.78, 5) is 4.31. The maximum atomic E-state index is 9.89. The summed E-state index contributed by atoms with van der Waals surface area (Å²) in [6, 6.07) is 21.2. The van der Waals surface area contributed by atoms with Crippen molar-refractivity contribution in [1.29, 1.82) is 15.8 Å². The van der Waals surface area contributed by atoms with Gasteiger partial charge in [-0.15, -0.1) is 11.8 Å². The Kier molecular flexibility index (Phi) is 7.65. The fraction of sp³-hybridized carbons (Fsp3) is 0.167. The van der Waals surface area contributed by atoms with Gasteiger partial charge in [-0.25, -0.2) is 4.98 Å². The summed E-state index contributed by atoms with van der Waals surface area (Å²) in [6.07, 6.45) is 1.41. The summed E-state index contributed by atoms with van der Waals surface area (Å²) in [5.74, 6) is 0.499. The molecule has 7 heteroatoms. The van der Waals surface area contributed by atoms with Crippen LogP contribution in [0.1, 0.15) is 34.2 Å². The summed E-state index contributed by atoms with van der Waals surface area (Å²) in [5.41, 5.74) is 4.17. The maximum absolute atomic E-state index is 9.89. The number of hydrogen-bond donors (Lipinski definition) is 1. The van der Waals surface area contributed by atoms with E-state index < -0.39 is 0 Å². The van der Waals surface area contributed by atoms with E-state index in [9.17, 15) is 10.5 Å². The summed E-state index contributed by atoms with van der Waals surface area (Å²) in [5, 5.41) is 38.1. The van der Waals surface area contributed by atoms with Gasteiger partial charge in [-0.1, -0.05) is 48.0 Å². The largest absolute Gasteiger partial charge is 0.396 e. The number of benzene rings is 2. The van der Waals surface area contributed by atoms with Crippen molar-refractivity contribution in [1.82, 2.24) is 4.98 Å². The highest BCUT2D eigenvalue weighted by atomic mass is 35.5. The molecule has 0 aliphatic rings. The molecule has 0 bridgehead atoms. The van der Waals surface area contributed by atoms with Gasteiger partial charge >= 0.3 is 0 Å². The van der Waals surface area contributed by atoms with Crippen LogP contribution in [0.3, 0.4) is 0 Å². The van der Waals surface area contributed by atoms with Crippen molar-refractivity contribution in [3.8, 4) is 29.3 Å². The molecule has 5 nitrogen and oxygen atoms in total. The first-order valence-corrected chi connectivity index (χ1v) is 10.8. The number of aryl methyl sites for hydroxylation is 1. The average Bonchev–Trinajstić information content (AvgIpc) is 2.81. The number of thioether (sulfide) groups is 1. The van der Waals surface area contributed by atoms with Gasteiger partial charge in [0.05, 0.1) is 22.8 Å². The molecule has 0 amide bonds. The lowest BCUT2D eigenvalue weighted by molar-refractivity contribution is 0.288. The van der Waals surface area contributed by atoms with Crippen molar-refractivity contribution >= 4 is 23.4 Å². The molecule has 0 saturated heterocycles. The van der Waals surface area contributed by atoms with E-state index in [4.69, 9.17) is 22.0 Å². The van der Waals surface area contributed by atoms with E-state index in [1.54, 1.807) is 12.1 Å². The monoisotopic (exact) mass is 444 g/mol. The number of rotatable bonds is 7. The average molecular weight is 445 g/mol. The minimum atomic E-state index is 0.0501. The van der Waals surface area contributed by atoms with Crippen LogP contribution < -0.4 is 0 Å². The molecular formula is C24H17ClN4OS. The van der Waals surface area contributed by atoms with Crippen LogP contribution in [-0.4, -0.2) is 16.7 Å². The van der Waals surface area contributed by atoms with E-state index in [2.05, 4.69) is 23.2 Å². The topological polar surface area (TPSA) is 104 Å². The van der Waals surface area contributed by atoms with Gasteiger partial charge in [0.1, 0.15) is 22.3 Å². The van der Waals surface area contributed by atoms with E-state index in [0.717, 1.165) is 17.5 Å². The number of aromatic nitrogens is 1. The normalized spacial score (nSPS) is 10.2. The number of nitriles is 3. The first-order chi connectivity index (χ1) is 15.1. The van der Waals surface area contributed by atoms with Crippen LogP contribution in [-0.2, 0) is 12.2 Å². The first kappa shape index (κ1) is 22.3. The van der Waals surface area contributed by atoms with Crippen molar-refractivity contribution < 1.29 is 5.11 Å². The Morgan fingerprint density at radius 2 is 1.68 bits per heavy atom. The van der Waals surface area contributed by atoms with Gasteiger partial charge in [-0.05, 0) is 41.7 Å². The molecule has 3 aromatic rings. The lowest BCUT2D eigenvalue weighted by Crippen LogP contribution is -1.99. The molecule has 0 atom stereocenters. The fourth-order valence-corrected chi connectivity index (χ4v) is 4.34. The van der Waals surface area contributed by atoms with E-state index >= 15 is 0 Å². The third-order valence-corrected chi connectivity index (χ3v) is 5.96. The molecule has 2 aromatic carbocycles. The van der Waals surface area contributed by atoms with Crippen LogP contribution in [0.15, 0.2) is 53.6 Å². The third kappa shape index (κ3) is 5.23. The summed E-state index contributed by atoms with van der Waals surface area (Å²) >= 11 is 7.65. The molecule has 0 unspecified atom stereocenters. The fourth-order valence-electron chi connectivity index (χ4n) is 3.14. The molecule has 0 aliphatic carbocycles. The lowest BCUT2D eigenvalue weighted by Gasteiger charge is -2.13. The van der Waals surface area contributed by atoms with Crippen LogP contribution in [0.5, 0.6) is 0 Å². The predicted octanol–water partition coefficient (Wildman–Crippen LogP) is 5.23. The van der Waals surface area contributed by atoms with E-state index in [0.29, 0.717) is 39.5 Å². The molecule has 1 heterocycles. The number of aliphatic hydroxyl groups excluding tert-OH is 1. The molecule has 0 aliphatic heterocycles. The second-order valence-electron chi connectivity index (χ2n) is 6.68. The molecule has 0 radical (unpaired) electrons. The van der Waals surface area contributed by atoms with Gasteiger partial charge in [-0.3, -0.25) is 0 Å². The summed E-state index contributed by atoms with van der Waals surface area (Å²) in [7, 11) is 0. The smallest absolute Gasteiger partial charge is 0.148 e. The zero-order valence-corrected chi connectivity index (χ0v) is 18.0. The van der Waals surface area contributed by atoms with Crippen molar-refractivity contribution in [2.75, 3.05) is 6.61 Å². The molecule has 0 spiro atoms. The van der Waals surface area contributed by atoms with Gasteiger partial charge < -0.3 is 5.11 Å². The number of halogens is 1. The van der Waals surface area contributed by atoms with E-state index in [1.165, 1.54) is 11.8 Å². The quantitative estimate of drug-likeness (QED) is 0.395. The Morgan fingerprint density at radius 3 is 2.32 bits per heavy atom. The second kappa shape index (κ2) is 10.6. The molecule has 1 N–H and O–H groups in total. The van der Waals surface area contributed by atoms with Crippen LogP contribution >= 0.6 is 23.4 Å². The highest BCUT2D eigenvalue weighted by molar-refractivity contribution is 7.98. The van der Waals surface area contributed by atoms with Gasteiger partial charge in [0.25, 0.3) is 0 Å². The predicted molar refractivity (Wildman–Crippen MR) is 120 cm³/mol. The Morgan fingerprint density at radius 1 is 0.935 bits per heavy atom. The first-order valence-electron chi connectivity index (χ1n) is 9.47. The van der Waals surface area contributed by atoms with E-state index in [1.807, 2.05) is 36.4 Å². The Hall–Kier alpha value is -3.34. The molecular weight excluding hydrogens is 428 g/mol. The van der Waals surface area contributed by atoms with Crippen LogP contribution in [0.25, 0.3) is 11.1 Å². The number of nitrogens with zero attached hydrogens (tertiary/aromatic N) is 4. The minimum Gasteiger partial charge on any atom is -0.396 e. The molecule has 1 aromatic heterocycles. The van der Waals surface area contributed by atoms with Crippen molar-refractivity contribution in [2.24, 2.45) is 0 Å². The Labute approximate surface area is 190 Å². The van der Waals surface area contributed by atoms with Crippen molar-refractivity contribution in [2.45, 2.75) is 23.6 Å². The highest BCUT2D eigenvalue weighted by Gasteiger charge is 2.21. The van der Waals surface area contributed by atoms with Gasteiger partial charge in [0.2, 0.25) is 0 Å². The zero-order valence-electron chi connectivity index (χ0n) is 16.5. The number of aliphatic hydroxyl groups is 1. The van der Waals surface area contributed by atoms with Gasteiger partial charge in [-0.2, -0.15) is 15.8 Å². The molecule has 3 rings (SSSR count). The number of pyridine rings is 1. The molecule has 0 fully saturated rings. The lowest BCUT2D eigenvalue weighted by atomic mass is 9.96. The zero-order chi connectivity index (χ0) is 22.2. The van der Waals surface area contributed by atoms with E-state index in [-0.39, 0.29) is 17.3 Å². The van der Waals surface area contributed by atoms with Crippen molar-refractivity contribution in [3.63, 3.8) is 0 Å². The van der Waals surface area contributed by atoms with Crippen molar-refractivity contribution in [3.05, 3.63) is 81.5 Å². The Bertz CT molecular complexity index is 1220. The Balaban J connectivity index is 2.01. The molecule has 31 heavy (non-hydrogen) atoms. The second-order valence-corrected chi connectivity index (χ2v) is 8.00. The number of hydrogen-bond acceptors (Lipinski definition) is 6. The standard InChI is InChI=1S/C24H17ClN4OS/c25-23-20(13-27)22(19-8-6-16(7-9-19)5-2-10-30)21(14-28)24(29-23)31-15-18-4-1-3-17(11-18)12-26/h1,3-4,6-9,11,30H,2,5,10,15H2. The van der Waals surface area contributed by atoms with Crippen LogP contribution in [0, 0.1) is 34.0 Å². The van der Waals surface area contributed by atoms with Gasteiger partial charge in [0, 0.05) is 17.9 Å². The third-order valence-electron chi connectivity index (χ3n) is 4.64. The SMILES string of the molecule is N#Cc1cccc(CSc2nc(Cl)c(C#N)c(-c3ccc(CCCO)cc3)c2C#N)c1. The van der Waals surface area contributed by atoms with Crippen LogP contribution in [0.4, 0.5) is 0 Å². The van der Waals surface area contributed by atoms with Gasteiger partial charge in [0.15, 0.2) is 0 Å². The minimum absolute atomic E-state index is 0.0501. The highest BCUT2D eigenvalue weighted by Crippen LogP contribution is 2.37. The summed E-state index contributed by atoms with van der Waals surface area (Å²) in [6.45, 7) is 0.122. The molecule has 0 saturated carbocycles. The summed E-state index contributed by atoms with van der Waals surface area (Å²) < 4.78 is 0.